The van der Waals surface area contributed by atoms with Crippen molar-refractivity contribution in [3.8, 4) is 0 Å². The Bertz CT molecular complexity index is 504. The van der Waals surface area contributed by atoms with Gasteiger partial charge in [-0.3, -0.25) is 19.4 Å². The number of pyridine rings is 1. The highest BCUT2D eigenvalue weighted by molar-refractivity contribution is 5.96. The molecule has 3 N–H and O–H groups in total. The third-order valence-corrected chi connectivity index (χ3v) is 2.85. The van der Waals surface area contributed by atoms with E-state index in [0.29, 0.717) is 0 Å². The van der Waals surface area contributed by atoms with Gasteiger partial charge in [-0.05, 0) is 25.0 Å². The topological polar surface area (TPSA) is 111 Å². The Labute approximate surface area is 122 Å². The number of rotatable bonds is 7. The van der Waals surface area contributed by atoms with E-state index in [1.54, 1.807) is 26.0 Å². The van der Waals surface area contributed by atoms with E-state index < -0.39 is 29.7 Å². The number of amides is 2. The van der Waals surface area contributed by atoms with Crippen molar-refractivity contribution in [1.29, 1.82) is 0 Å². The lowest BCUT2D eigenvalue weighted by Crippen LogP contribution is -2.49. The molecule has 1 heterocycles. The van der Waals surface area contributed by atoms with Crippen LogP contribution in [0.3, 0.4) is 0 Å². The van der Waals surface area contributed by atoms with Crippen LogP contribution >= 0.6 is 0 Å². The molecule has 0 spiro atoms. The van der Waals surface area contributed by atoms with Crippen LogP contribution in [0.25, 0.3) is 0 Å². The molecule has 0 aliphatic heterocycles. The van der Waals surface area contributed by atoms with E-state index in [0.717, 1.165) is 0 Å². The maximum Gasteiger partial charge on any atom is 0.306 e. The van der Waals surface area contributed by atoms with E-state index in [1.165, 1.54) is 12.3 Å². The molecule has 0 radical (unpaired) electrons. The van der Waals surface area contributed by atoms with Gasteiger partial charge in [0.2, 0.25) is 5.91 Å². The van der Waals surface area contributed by atoms with Crippen LogP contribution in [-0.4, -0.2) is 35.4 Å². The second-order valence-electron chi connectivity index (χ2n) is 4.55. The zero-order valence-electron chi connectivity index (χ0n) is 12.0. The molecule has 7 heteroatoms. The smallest absolute Gasteiger partial charge is 0.306 e. The lowest BCUT2D eigenvalue weighted by molar-refractivity contribution is -0.144. The van der Waals surface area contributed by atoms with Gasteiger partial charge < -0.3 is 15.8 Å². The molecule has 0 unspecified atom stereocenters. The minimum absolute atomic E-state index is 0.00998. The van der Waals surface area contributed by atoms with Crippen molar-refractivity contribution in [1.82, 2.24) is 10.3 Å². The molecule has 21 heavy (non-hydrogen) atoms. The van der Waals surface area contributed by atoms with E-state index in [-0.39, 0.29) is 18.7 Å². The Morgan fingerprint density at radius 3 is 2.62 bits per heavy atom. The molecule has 0 aliphatic carbocycles. The summed E-state index contributed by atoms with van der Waals surface area (Å²) in [6, 6.07) is 3.88. The Morgan fingerprint density at radius 2 is 2.10 bits per heavy atom. The molecule has 0 saturated heterocycles. The Kier molecular flexibility index (Phi) is 6.32. The number of hydrogen-bond donors (Lipinski definition) is 2. The second-order valence-corrected chi connectivity index (χ2v) is 4.55. The van der Waals surface area contributed by atoms with Gasteiger partial charge in [0.1, 0.15) is 11.7 Å². The zero-order valence-corrected chi connectivity index (χ0v) is 12.0. The van der Waals surface area contributed by atoms with Crippen molar-refractivity contribution >= 4 is 17.8 Å². The number of ether oxygens (including phenoxy) is 1. The first kappa shape index (κ1) is 16.6. The molecule has 1 aromatic rings. The van der Waals surface area contributed by atoms with Gasteiger partial charge in [0.25, 0.3) is 5.91 Å². The number of aromatic nitrogens is 1. The Morgan fingerprint density at radius 1 is 1.38 bits per heavy atom. The fourth-order valence-electron chi connectivity index (χ4n) is 1.81. The molecule has 2 amide bonds. The highest BCUT2D eigenvalue weighted by Crippen LogP contribution is 2.10. The summed E-state index contributed by atoms with van der Waals surface area (Å²) in [6.45, 7) is 3.59. The summed E-state index contributed by atoms with van der Waals surface area (Å²) in [5.74, 6) is -2.15. The van der Waals surface area contributed by atoms with E-state index in [9.17, 15) is 14.4 Å². The van der Waals surface area contributed by atoms with Crippen LogP contribution in [-0.2, 0) is 14.3 Å². The third kappa shape index (κ3) is 5.21. The summed E-state index contributed by atoms with van der Waals surface area (Å²) in [4.78, 5) is 38.8. The number of nitrogens with zero attached hydrogens (tertiary/aromatic N) is 1. The average molecular weight is 293 g/mol. The molecule has 114 valence electrons. The van der Waals surface area contributed by atoms with Crippen molar-refractivity contribution in [3.63, 3.8) is 0 Å². The molecule has 0 saturated carbocycles. The predicted octanol–water partition coefficient (Wildman–Crippen LogP) is 0.255. The summed E-state index contributed by atoms with van der Waals surface area (Å²) in [5, 5.41) is 2.50. The van der Waals surface area contributed by atoms with E-state index >= 15 is 0 Å². The van der Waals surface area contributed by atoms with Crippen LogP contribution in [0.1, 0.15) is 30.8 Å². The van der Waals surface area contributed by atoms with Gasteiger partial charge in [-0.15, -0.1) is 0 Å². The number of nitrogens with two attached hydrogens (primary N) is 1. The van der Waals surface area contributed by atoms with Gasteiger partial charge in [0.05, 0.1) is 13.0 Å². The molecule has 7 nitrogen and oxygen atoms in total. The quantitative estimate of drug-likeness (QED) is 0.700. The first-order valence-electron chi connectivity index (χ1n) is 6.62. The Balaban J connectivity index is 2.71. The summed E-state index contributed by atoms with van der Waals surface area (Å²) in [6.07, 6.45) is 1.46. The van der Waals surface area contributed by atoms with Crippen LogP contribution < -0.4 is 11.1 Å². The molecule has 1 rings (SSSR count). The average Bonchev–Trinajstić information content (AvgIpc) is 2.45. The lowest BCUT2D eigenvalue weighted by Gasteiger charge is -2.21. The van der Waals surface area contributed by atoms with Crippen LogP contribution in [0.15, 0.2) is 24.4 Å². The van der Waals surface area contributed by atoms with Gasteiger partial charge in [0.15, 0.2) is 0 Å². The van der Waals surface area contributed by atoms with Crippen molar-refractivity contribution in [2.24, 2.45) is 11.7 Å². The third-order valence-electron chi connectivity index (χ3n) is 2.85. The number of esters is 1. The molecular weight excluding hydrogens is 274 g/mol. The molecule has 0 aliphatic rings. The molecule has 0 aromatic carbocycles. The van der Waals surface area contributed by atoms with Gasteiger partial charge in [-0.2, -0.15) is 0 Å². The van der Waals surface area contributed by atoms with E-state index in [4.69, 9.17) is 10.5 Å². The number of primary amides is 1. The predicted molar refractivity (Wildman–Crippen MR) is 75.1 cm³/mol. The SMILES string of the molecule is CCOC(=O)C[C@@H](C)[C@H](NC(=O)c1ccccn1)C(N)=O. The standard InChI is InChI=1S/C14H19N3O4/c1-3-21-11(18)8-9(2)12(13(15)19)17-14(20)10-6-4-5-7-16-10/h4-7,9,12H,3,8H2,1-2H3,(H2,15,19)(H,17,20)/t9-,12+/m1/s1. The van der Waals surface area contributed by atoms with Crippen molar-refractivity contribution in [3.05, 3.63) is 30.1 Å². The van der Waals surface area contributed by atoms with Crippen LogP contribution in [0, 0.1) is 5.92 Å². The van der Waals surface area contributed by atoms with Crippen molar-refractivity contribution < 1.29 is 19.1 Å². The molecule has 2 atom stereocenters. The van der Waals surface area contributed by atoms with Gasteiger partial charge in [-0.1, -0.05) is 13.0 Å². The highest BCUT2D eigenvalue weighted by atomic mass is 16.5. The van der Waals surface area contributed by atoms with E-state index in [1.807, 2.05) is 0 Å². The molecule has 0 fully saturated rings. The van der Waals surface area contributed by atoms with Gasteiger partial charge >= 0.3 is 5.97 Å². The van der Waals surface area contributed by atoms with Crippen LogP contribution in [0.5, 0.6) is 0 Å². The maximum atomic E-state index is 12.0. The molecule has 1 aromatic heterocycles. The number of hydrogen-bond acceptors (Lipinski definition) is 5. The summed E-state index contributed by atoms with van der Waals surface area (Å²) in [5.41, 5.74) is 5.46. The highest BCUT2D eigenvalue weighted by Gasteiger charge is 2.27. The largest absolute Gasteiger partial charge is 0.466 e. The number of carbonyl (C=O) groups is 3. The minimum Gasteiger partial charge on any atom is -0.466 e. The molecular formula is C14H19N3O4. The maximum absolute atomic E-state index is 12.0. The lowest BCUT2D eigenvalue weighted by atomic mass is 9.97. The fourth-order valence-corrected chi connectivity index (χ4v) is 1.81. The number of carbonyl (C=O) groups excluding carboxylic acids is 3. The van der Waals surface area contributed by atoms with Gasteiger partial charge in [-0.25, -0.2) is 0 Å². The monoisotopic (exact) mass is 293 g/mol. The van der Waals surface area contributed by atoms with Crippen molar-refractivity contribution in [2.45, 2.75) is 26.3 Å². The summed E-state index contributed by atoms with van der Waals surface area (Å²) in [7, 11) is 0. The first-order chi connectivity index (χ1) is 9.95. The fraction of sp³-hybridized carbons (Fsp3) is 0.429. The van der Waals surface area contributed by atoms with E-state index in [2.05, 4.69) is 10.3 Å². The minimum atomic E-state index is -0.969. The van der Waals surface area contributed by atoms with Crippen molar-refractivity contribution in [2.75, 3.05) is 6.61 Å². The second kappa shape index (κ2) is 7.98. The summed E-state index contributed by atoms with van der Waals surface area (Å²) < 4.78 is 4.82. The first-order valence-corrected chi connectivity index (χ1v) is 6.62. The zero-order chi connectivity index (χ0) is 15.8. The van der Waals surface area contributed by atoms with Gasteiger partial charge in [0, 0.05) is 6.20 Å². The molecule has 0 bridgehead atoms. The normalized spacial score (nSPS) is 13.0. The van der Waals surface area contributed by atoms with Crippen LogP contribution in [0.2, 0.25) is 0 Å². The summed E-state index contributed by atoms with van der Waals surface area (Å²) >= 11 is 0. The van der Waals surface area contributed by atoms with Crippen LogP contribution in [0.4, 0.5) is 0 Å². The number of nitrogens with one attached hydrogen (secondary N) is 1. The Hall–Kier alpha value is -2.44.